The second kappa shape index (κ2) is 3.49. The predicted molar refractivity (Wildman–Crippen MR) is 40.6 cm³/mol. The van der Waals surface area contributed by atoms with Gasteiger partial charge in [0.2, 0.25) is 0 Å². The molecule has 0 amide bonds. The van der Waals surface area contributed by atoms with Crippen molar-refractivity contribution in [3.63, 3.8) is 0 Å². The molecule has 1 fully saturated rings. The van der Waals surface area contributed by atoms with Crippen LogP contribution in [-0.2, 0) is 4.74 Å². The van der Waals surface area contributed by atoms with E-state index in [4.69, 9.17) is 9.84 Å². The fraction of sp³-hybridized carbons (Fsp3) is 1.00. The highest BCUT2D eigenvalue weighted by Gasteiger charge is 2.52. The van der Waals surface area contributed by atoms with Crippen molar-refractivity contribution in [1.29, 1.82) is 0 Å². The first-order valence-corrected chi connectivity index (χ1v) is 3.96. The summed E-state index contributed by atoms with van der Waals surface area (Å²) in [6, 6.07) is 0. The van der Waals surface area contributed by atoms with Crippen LogP contribution in [0.15, 0.2) is 0 Å². The van der Waals surface area contributed by atoms with Crippen LogP contribution < -0.4 is 0 Å². The summed E-state index contributed by atoms with van der Waals surface area (Å²) in [5.74, 6) is 0. The van der Waals surface area contributed by atoms with Crippen molar-refractivity contribution in [2.45, 2.75) is 37.1 Å². The zero-order valence-electron chi connectivity index (χ0n) is 7.16. The van der Waals surface area contributed by atoms with E-state index in [1.807, 2.05) is 0 Å². The molecule has 0 aromatic carbocycles. The van der Waals surface area contributed by atoms with Gasteiger partial charge in [0.1, 0.15) is 12.2 Å². The molecule has 0 aliphatic carbocycles. The third-order valence-corrected chi connectivity index (χ3v) is 2.34. The normalized spacial score (nSPS) is 52.2. The van der Waals surface area contributed by atoms with E-state index in [2.05, 4.69) is 0 Å². The molecule has 0 spiro atoms. The summed E-state index contributed by atoms with van der Waals surface area (Å²) in [5.41, 5.74) is -2.22. The zero-order chi connectivity index (χ0) is 10.2. The molecule has 5 atom stereocenters. The minimum absolute atomic E-state index is 0.795. The molecule has 1 heterocycles. The minimum atomic E-state index is -2.22. The van der Waals surface area contributed by atoms with Crippen molar-refractivity contribution in [1.82, 2.24) is 0 Å². The fourth-order valence-electron chi connectivity index (χ4n) is 1.27. The van der Waals surface area contributed by atoms with Crippen molar-refractivity contribution in [2.75, 3.05) is 6.61 Å². The van der Waals surface area contributed by atoms with Gasteiger partial charge in [-0.15, -0.1) is 0 Å². The highest BCUT2D eigenvalue weighted by Crippen LogP contribution is 2.28. The van der Waals surface area contributed by atoms with E-state index in [1.165, 1.54) is 6.92 Å². The first-order chi connectivity index (χ1) is 5.93. The molecule has 1 aliphatic heterocycles. The number of hydrogen-bond donors (Lipinski definition) is 5. The van der Waals surface area contributed by atoms with Crippen LogP contribution in [0.1, 0.15) is 6.92 Å². The molecule has 0 radical (unpaired) electrons. The third kappa shape index (κ3) is 1.56. The largest absolute Gasteiger partial charge is 0.393 e. The van der Waals surface area contributed by atoms with E-state index in [9.17, 15) is 20.4 Å². The van der Waals surface area contributed by atoms with Crippen molar-refractivity contribution in [2.24, 2.45) is 0 Å². The maximum Gasteiger partial charge on any atom is 0.189 e. The number of aliphatic hydroxyl groups excluding tert-OH is 4. The lowest BCUT2D eigenvalue weighted by atomic mass is 9.87. The van der Waals surface area contributed by atoms with Gasteiger partial charge in [-0.05, 0) is 6.92 Å². The summed E-state index contributed by atoms with van der Waals surface area (Å²) >= 11 is 0. The van der Waals surface area contributed by atoms with E-state index in [0.29, 0.717) is 0 Å². The van der Waals surface area contributed by atoms with Crippen LogP contribution >= 0.6 is 0 Å². The fourth-order valence-corrected chi connectivity index (χ4v) is 1.27. The summed E-state index contributed by atoms with van der Waals surface area (Å²) in [6.45, 7) is 0.549. The van der Waals surface area contributed by atoms with Gasteiger partial charge < -0.3 is 30.3 Å². The maximum atomic E-state index is 9.47. The summed E-state index contributed by atoms with van der Waals surface area (Å²) in [6.07, 6.45) is -5.46. The summed E-state index contributed by atoms with van der Waals surface area (Å²) in [7, 11) is 0. The van der Waals surface area contributed by atoms with Crippen molar-refractivity contribution in [3.05, 3.63) is 0 Å². The van der Waals surface area contributed by atoms with Crippen molar-refractivity contribution in [3.8, 4) is 0 Å². The molecule has 5 N–H and O–H groups in total. The molecule has 1 aliphatic rings. The quantitative estimate of drug-likeness (QED) is 0.308. The predicted octanol–water partition coefficient (Wildman–Crippen LogP) is -2.83. The van der Waals surface area contributed by atoms with Crippen LogP contribution in [0.4, 0.5) is 0 Å². The van der Waals surface area contributed by atoms with E-state index in [1.54, 1.807) is 0 Å². The first-order valence-electron chi connectivity index (χ1n) is 3.96. The average Bonchev–Trinajstić information content (AvgIpc) is 2.11. The molecule has 1 rings (SSSR count). The summed E-state index contributed by atoms with van der Waals surface area (Å²) in [4.78, 5) is 0. The zero-order valence-corrected chi connectivity index (χ0v) is 7.16. The second-order valence-corrected chi connectivity index (χ2v) is 3.28. The van der Waals surface area contributed by atoms with E-state index >= 15 is 0 Å². The maximum absolute atomic E-state index is 9.47. The van der Waals surface area contributed by atoms with Gasteiger partial charge in [0, 0.05) is 0 Å². The van der Waals surface area contributed by atoms with Gasteiger partial charge in [0.25, 0.3) is 0 Å². The number of ether oxygens (including phenoxy) is 1. The second-order valence-electron chi connectivity index (χ2n) is 3.28. The monoisotopic (exact) mass is 194 g/mol. The molecule has 78 valence electrons. The molecule has 0 aromatic heterocycles. The van der Waals surface area contributed by atoms with Crippen LogP contribution in [0.5, 0.6) is 0 Å². The van der Waals surface area contributed by atoms with Crippen LogP contribution in [0.25, 0.3) is 0 Å². The Bertz CT molecular complexity index is 186. The molecule has 0 saturated carbocycles. The van der Waals surface area contributed by atoms with Gasteiger partial charge in [-0.25, -0.2) is 0 Å². The topological polar surface area (TPSA) is 110 Å². The minimum Gasteiger partial charge on any atom is -0.393 e. The third-order valence-electron chi connectivity index (χ3n) is 2.34. The number of rotatable bonds is 1. The van der Waals surface area contributed by atoms with Gasteiger partial charge in [-0.1, -0.05) is 0 Å². The van der Waals surface area contributed by atoms with Crippen LogP contribution in [-0.4, -0.2) is 62.3 Å². The van der Waals surface area contributed by atoms with Gasteiger partial charge >= 0.3 is 0 Å². The van der Waals surface area contributed by atoms with Crippen LogP contribution in [0.2, 0.25) is 0 Å². The highest BCUT2D eigenvalue weighted by atomic mass is 16.6. The van der Waals surface area contributed by atoms with Crippen molar-refractivity contribution >= 4 is 0 Å². The molecule has 13 heavy (non-hydrogen) atoms. The van der Waals surface area contributed by atoms with Crippen molar-refractivity contribution < 1.29 is 30.3 Å². The molecule has 6 heteroatoms. The Morgan fingerprint density at radius 2 is 1.85 bits per heavy atom. The highest BCUT2D eigenvalue weighted by molar-refractivity contribution is 4.98. The lowest BCUT2D eigenvalue weighted by molar-refractivity contribution is -0.329. The first kappa shape index (κ1) is 10.8. The van der Waals surface area contributed by atoms with Crippen LogP contribution in [0, 0.1) is 0 Å². The lowest BCUT2D eigenvalue weighted by Crippen LogP contribution is -2.67. The molecule has 5 unspecified atom stereocenters. The standard InChI is InChI=1S/C7H14O6/c1-3-4(9)5(10)7(12,2-8)6(11)13-3/h3-6,8-12H,2H2,1H3. The van der Waals surface area contributed by atoms with Gasteiger partial charge in [0.15, 0.2) is 11.9 Å². The Labute approximate surface area is 75.0 Å². The molecule has 0 bridgehead atoms. The van der Waals surface area contributed by atoms with Crippen LogP contribution in [0.3, 0.4) is 0 Å². The average molecular weight is 194 g/mol. The molecule has 6 nitrogen and oxygen atoms in total. The van der Waals surface area contributed by atoms with Gasteiger partial charge in [-0.3, -0.25) is 0 Å². The summed E-state index contributed by atoms with van der Waals surface area (Å²) in [5, 5.41) is 46.0. The van der Waals surface area contributed by atoms with Gasteiger partial charge in [0.05, 0.1) is 12.7 Å². The lowest BCUT2D eigenvalue weighted by Gasteiger charge is -2.44. The van der Waals surface area contributed by atoms with E-state index < -0.39 is 36.8 Å². The Kier molecular flexibility index (Phi) is 2.91. The number of aliphatic hydroxyl groups is 5. The Balaban J connectivity index is 2.85. The smallest absolute Gasteiger partial charge is 0.189 e. The molecular formula is C7H14O6. The van der Waals surface area contributed by atoms with E-state index in [-0.39, 0.29) is 0 Å². The Morgan fingerprint density at radius 3 is 2.31 bits per heavy atom. The number of hydrogen-bond acceptors (Lipinski definition) is 6. The Morgan fingerprint density at radius 1 is 1.31 bits per heavy atom. The molecule has 0 aromatic rings. The van der Waals surface area contributed by atoms with E-state index in [0.717, 1.165) is 0 Å². The summed E-state index contributed by atoms with van der Waals surface area (Å²) < 4.78 is 4.71. The van der Waals surface area contributed by atoms with Gasteiger partial charge in [-0.2, -0.15) is 0 Å². The molecular weight excluding hydrogens is 180 g/mol. The Hall–Kier alpha value is -0.240. The molecule has 1 saturated heterocycles. The SMILES string of the molecule is CC1OC(O)C(O)(CO)C(O)C1O.